The van der Waals surface area contributed by atoms with Gasteiger partial charge in [0.25, 0.3) is 6.02 Å². The number of benzene rings is 1. The third-order valence-corrected chi connectivity index (χ3v) is 2.29. The van der Waals surface area contributed by atoms with Crippen molar-refractivity contribution >= 4 is 23.4 Å². The minimum Gasteiger partial charge on any atom is -0.497 e. The molecule has 1 aromatic rings. The first kappa shape index (κ1) is 13.2. The zero-order valence-corrected chi connectivity index (χ0v) is 10.6. The number of methoxy groups -OCH3 is 2. The highest BCUT2D eigenvalue weighted by molar-refractivity contribution is 7.80. The maximum Gasteiger partial charge on any atom is 0.287 e. The summed E-state index contributed by atoms with van der Waals surface area (Å²) in [6, 6.07) is 7.55. The predicted molar refractivity (Wildman–Crippen MR) is 70.3 cm³/mol. The number of hydrogen-bond acceptors (Lipinski definition) is 4. The molecule has 0 aliphatic rings. The monoisotopic (exact) mass is 253 g/mol. The van der Waals surface area contributed by atoms with Crippen LogP contribution in [0.1, 0.15) is 5.56 Å². The Hall–Kier alpha value is -1.82. The van der Waals surface area contributed by atoms with E-state index in [1.54, 1.807) is 7.11 Å². The molecule has 92 valence electrons. The molecule has 5 nitrogen and oxygen atoms in total. The highest BCUT2D eigenvalue weighted by atomic mass is 32.1. The fourth-order valence-corrected chi connectivity index (χ4v) is 1.29. The van der Waals surface area contributed by atoms with Crippen molar-refractivity contribution in [2.75, 3.05) is 14.2 Å². The van der Waals surface area contributed by atoms with Crippen LogP contribution in [0.2, 0.25) is 0 Å². The van der Waals surface area contributed by atoms with Gasteiger partial charge < -0.3 is 14.8 Å². The van der Waals surface area contributed by atoms with Gasteiger partial charge in [-0.25, -0.2) is 0 Å². The highest BCUT2D eigenvalue weighted by Crippen LogP contribution is 2.10. The SMILES string of the molecule is COC(=N)NC(=S)NCc1ccc(OC)cc1. The zero-order valence-electron chi connectivity index (χ0n) is 9.74. The fraction of sp³-hybridized carbons (Fsp3) is 0.273. The molecule has 0 heterocycles. The molecule has 0 fully saturated rings. The first-order chi connectivity index (χ1) is 8.15. The van der Waals surface area contributed by atoms with Crippen LogP contribution in [-0.2, 0) is 11.3 Å². The lowest BCUT2D eigenvalue weighted by Gasteiger charge is -2.10. The standard InChI is InChI=1S/C11H15N3O2S/c1-15-9-5-3-8(4-6-9)7-13-11(17)14-10(12)16-2/h3-6H,7H2,1-2H3,(H3,12,13,14,17). The van der Waals surface area contributed by atoms with Crippen LogP contribution >= 0.6 is 12.2 Å². The number of ether oxygens (including phenoxy) is 2. The van der Waals surface area contributed by atoms with Gasteiger partial charge in [-0.15, -0.1) is 0 Å². The Morgan fingerprint density at radius 1 is 1.29 bits per heavy atom. The van der Waals surface area contributed by atoms with Crippen molar-refractivity contribution < 1.29 is 9.47 Å². The maximum atomic E-state index is 7.23. The number of hydrogen-bond donors (Lipinski definition) is 3. The second-order valence-electron chi connectivity index (χ2n) is 3.19. The number of nitrogens with one attached hydrogen (secondary N) is 3. The molecule has 0 spiro atoms. The second kappa shape index (κ2) is 6.70. The Kier molecular flexibility index (Phi) is 5.22. The molecule has 17 heavy (non-hydrogen) atoms. The molecule has 0 saturated heterocycles. The molecule has 1 aromatic carbocycles. The summed E-state index contributed by atoms with van der Waals surface area (Å²) in [5.41, 5.74) is 1.07. The van der Waals surface area contributed by atoms with E-state index in [4.69, 9.17) is 22.4 Å². The molecular weight excluding hydrogens is 238 g/mol. The number of thiocarbonyl (C=S) groups is 1. The van der Waals surface area contributed by atoms with Gasteiger partial charge in [-0.05, 0) is 29.9 Å². The highest BCUT2D eigenvalue weighted by Gasteiger charge is 2.00. The molecule has 3 N–H and O–H groups in total. The summed E-state index contributed by atoms with van der Waals surface area (Å²) in [5, 5.41) is 13.1. The molecule has 0 radical (unpaired) electrons. The summed E-state index contributed by atoms with van der Waals surface area (Å²) in [7, 11) is 3.03. The molecule has 0 saturated carbocycles. The van der Waals surface area contributed by atoms with Gasteiger partial charge in [-0.3, -0.25) is 10.7 Å². The minimum absolute atomic E-state index is 0.0859. The van der Waals surface area contributed by atoms with E-state index >= 15 is 0 Å². The third-order valence-electron chi connectivity index (χ3n) is 2.04. The van der Waals surface area contributed by atoms with Crippen molar-refractivity contribution in [1.82, 2.24) is 10.6 Å². The Balaban J connectivity index is 2.39. The van der Waals surface area contributed by atoms with Gasteiger partial charge in [0.1, 0.15) is 5.75 Å². The van der Waals surface area contributed by atoms with E-state index in [0.717, 1.165) is 11.3 Å². The van der Waals surface area contributed by atoms with Gasteiger partial charge in [0.05, 0.1) is 14.2 Å². The van der Waals surface area contributed by atoms with Crippen molar-refractivity contribution in [2.45, 2.75) is 6.54 Å². The summed E-state index contributed by atoms with van der Waals surface area (Å²) < 4.78 is 9.69. The molecule has 0 aromatic heterocycles. The number of rotatable bonds is 3. The van der Waals surface area contributed by atoms with Gasteiger partial charge in [0.15, 0.2) is 5.11 Å². The molecular formula is C11H15N3O2S. The van der Waals surface area contributed by atoms with Crippen molar-refractivity contribution in [3.05, 3.63) is 29.8 Å². The van der Waals surface area contributed by atoms with Crippen LogP contribution in [0.5, 0.6) is 5.75 Å². The molecule has 0 aliphatic carbocycles. The Morgan fingerprint density at radius 3 is 2.47 bits per heavy atom. The van der Waals surface area contributed by atoms with Crippen LogP contribution < -0.4 is 15.4 Å². The minimum atomic E-state index is -0.0859. The molecule has 0 unspecified atom stereocenters. The summed E-state index contributed by atoms with van der Waals surface area (Å²) in [5.74, 6) is 0.815. The first-order valence-corrected chi connectivity index (χ1v) is 5.37. The third kappa shape index (κ3) is 4.69. The van der Waals surface area contributed by atoms with Crippen LogP contribution in [-0.4, -0.2) is 25.4 Å². The molecule has 0 amide bonds. The van der Waals surface area contributed by atoms with Crippen molar-refractivity contribution in [3.8, 4) is 5.75 Å². The average molecular weight is 253 g/mol. The van der Waals surface area contributed by atoms with Crippen molar-refractivity contribution in [2.24, 2.45) is 0 Å². The van der Waals surface area contributed by atoms with Crippen molar-refractivity contribution in [3.63, 3.8) is 0 Å². The lowest BCUT2D eigenvalue weighted by molar-refractivity contribution is 0.385. The summed E-state index contributed by atoms with van der Waals surface area (Å²) in [4.78, 5) is 0. The van der Waals surface area contributed by atoms with E-state index in [-0.39, 0.29) is 6.02 Å². The van der Waals surface area contributed by atoms with Crippen LogP contribution in [0.15, 0.2) is 24.3 Å². The lowest BCUT2D eigenvalue weighted by atomic mass is 10.2. The first-order valence-electron chi connectivity index (χ1n) is 4.96. The molecule has 0 aliphatic heterocycles. The normalized spacial score (nSPS) is 9.29. The Bertz CT molecular complexity index is 392. The fourth-order valence-electron chi connectivity index (χ4n) is 1.12. The molecule has 6 heteroatoms. The topological polar surface area (TPSA) is 66.4 Å². The van der Waals surface area contributed by atoms with Crippen LogP contribution in [0.4, 0.5) is 0 Å². The van der Waals surface area contributed by atoms with Gasteiger partial charge in [-0.1, -0.05) is 12.1 Å². The molecule has 0 bridgehead atoms. The Labute approximate surface area is 106 Å². The van der Waals surface area contributed by atoms with Crippen LogP contribution in [0, 0.1) is 5.41 Å². The Morgan fingerprint density at radius 2 is 1.94 bits per heavy atom. The summed E-state index contributed by atoms with van der Waals surface area (Å²) in [6.45, 7) is 0.576. The average Bonchev–Trinajstić information content (AvgIpc) is 2.36. The van der Waals surface area contributed by atoms with E-state index < -0.39 is 0 Å². The van der Waals surface area contributed by atoms with E-state index in [1.807, 2.05) is 24.3 Å². The smallest absolute Gasteiger partial charge is 0.287 e. The van der Waals surface area contributed by atoms with Crippen LogP contribution in [0.25, 0.3) is 0 Å². The van der Waals surface area contributed by atoms with E-state index in [9.17, 15) is 0 Å². The lowest BCUT2D eigenvalue weighted by Crippen LogP contribution is -2.39. The van der Waals surface area contributed by atoms with Crippen molar-refractivity contribution in [1.29, 1.82) is 5.41 Å². The second-order valence-corrected chi connectivity index (χ2v) is 3.60. The van der Waals surface area contributed by atoms with Gasteiger partial charge in [0, 0.05) is 6.54 Å². The number of amidine groups is 1. The summed E-state index contributed by atoms with van der Waals surface area (Å²) in [6.07, 6.45) is 0. The van der Waals surface area contributed by atoms with Gasteiger partial charge in [-0.2, -0.15) is 0 Å². The molecule has 0 atom stereocenters. The summed E-state index contributed by atoms with van der Waals surface area (Å²) >= 11 is 4.98. The zero-order chi connectivity index (χ0) is 12.7. The van der Waals surface area contributed by atoms with Gasteiger partial charge in [0.2, 0.25) is 0 Å². The van der Waals surface area contributed by atoms with E-state index in [0.29, 0.717) is 11.7 Å². The van der Waals surface area contributed by atoms with E-state index in [1.165, 1.54) is 7.11 Å². The van der Waals surface area contributed by atoms with Crippen LogP contribution in [0.3, 0.4) is 0 Å². The maximum absolute atomic E-state index is 7.23. The van der Waals surface area contributed by atoms with Gasteiger partial charge >= 0.3 is 0 Å². The largest absolute Gasteiger partial charge is 0.497 e. The molecule has 1 rings (SSSR count). The predicted octanol–water partition coefficient (Wildman–Crippen LogP) is 1.24. The quantitative estimate of drug-likeness (QED) is 0.430. The van der Waals surface area contributed by atoms with E-state index in [2.05, 4.69) is 15.4 Å².